The highest BCUT2D eigenvalue weighted by molar-refractivity contribution is 14.2. The van der Waals surface area contributed by atoms with Crippen LogP contribution in [0.4, 0.5) is 0 Å². The van der Waals surface area contributed by atoms with E-state index in [1.54, 1.807) is 9.12 Å². The Morgan fingerprint density at radius 1 is 1.50 bits per heavy atom. The number of carbonyl (C=O) groups excluding carboxylic acids is 1. The van der Waals surface area contributed by atoms with Gasteiger partial charge in [-0.25, -0.2) is 4.31 Å². The normalized spacial score (nSPS) is 22.9. The van der Waals surface area contributed by atoms with Crippen LogP contribution in [0, 0.1) is 5.92 Å². The first-order chi connectivity index (χ1) is 4.86. The molecule has 0 spiro atoms. The minimum absolute atomic E-state index is 0.333. The van der Waals surface area contributed by atoms with Crippen LogP contribution in [0.5, 0.6) is 0 Å². The lowest BCUT2D eigenvalue weighted by molar-refractivity contribution is -0.111. The zero-order valence-corrected chi connectivity index (χ0v) is 8.60. The van der Waals surface area contributed by atoms with Crippen molar-refractivity contribution in [3.8, 4) is 0 Å². The van der Waals surface area contributed by atoms with Crippen LogP contribution in [-0.4, -0.2) is 23.7 Å². The number of hydrogen-bond acceptors (Lipinski definition) is 3. The summed E-state index contributed by atoms with van der Waals surface area (Å²) in [6.45, 7) is 2.13. The van der Waals surface area contributed by atoms with Crippen molar-refractivity contribution in [3.63, 3.8) is 0 Å². The van der Waals surface area contributed by atoms with Crippen LogP contribution < -0.4 is 0 Å². The van der Waals surface area contributed by atoms with E-state index in [4.69, 9.17) is 0 Å². The molecule has 0 amide bonds. The van der Waals surface area contributed by atoms with Gasteiger partial charge in [-0.05, 0) is 22.0 Å². The predicted octanol–water partition coefficient (Wildman–Crippen LogP) is 1.90. The summed E-state index contributed by atoms with van der Waals surface area (Å²) in [5.41, 5.74) is 0. The zero-order chi connectivity index (χ0) is 7.40. The molecular formula is C6H10INOS. The molecule has 58 valence electrons. The fourth-order valence-corrected chi connectivity index (χ4v) is 2.61. The highest BCUT2D eigenvalue weighted by Gasteiger charge is 2.17. The lowest BCUT2D eigenvalue weighted by atomic mass is 10.0. The van der Waals surface area contributed by atoms with Crippen molar-refractivity contribution < 1.29 is 4.79 Å². The number of hydrogen-bond donors (Lipinski definition) is 0. The highest BCUT2D eigenvalue weighted by atomic mass is 127. The number of nitrogens with zero attached hydrogens (tertiary/aromatic N) is 1. The number of rotatable bonds is 2. The molecule has 0 aliphatic carbocycles. The second kappa shape index (κ2) is 4.56. The van der Waals surface area contributed by atoms with Gasteiger partial charge in [-0.3, -0.25) is 0 Å². The maximum Gasteiger partial charge on any atom is 0.123 e. The summed E-state index contributed by atoms with van der Waals surface area (Å²) in [4.78, 5) is 10.3. The predicted molar refractivity (Wildman–Crippen MR) is 52.0 cm³/mol. The number of piperidine rings is 1. The number of carbonyl (C=O) groups is 1. The van der Waals surface area contributed by atoms with E-state index >= 15 is 0 Å². The summed E-state index contributed by atoms with van der Waals surface area (Å²) < 4.78 is 2.29. The van der Waals surface area contributed by atoms with Crippen LogP contribution in [0.15, 0.2) is 0 Å². The SMILES string of the molecule is O=CC1CCN(SI)CC1. The van der Waals surface area contributed by atoms with Crippen molar-refractivity contribution in [2.24, 2.45) is 5.92 Å². The van der Waals surface area contributed by atoms with Gasteiger partial charge < -0.3 is 4.79 Å². The van der Waals surface area contributed by atoms with Gasteiger partial charge in [0.15, 0.2) is 0 Å². The molecule has 0 unspecified atom stereocenters. The smallest absolute Gasteiger partial charge is 0.123 e. The first-order valence-corrected chi connectivity index (χ1v) is 6.67. The van der Waals surface area contributed by atoms with Crippen LogP contribution in [0.3, 0.4) is 0 Å². The van der Waals surface area contributed by atoms with E-state index in [9.17, 15) is 4.79 Å². The van der Waals surface area contributed by atoms with Crippen molar-refractivity contribution in [3.05, 3.63) is 0 Å². The van der Waals surface area contributed by atoms with E-state index < -0.39 is 0 Å². The molecule has 1 fully saturated rings. The van der Waals surface area contributed by atoms with Gasteiger partial charge in [-0.2, -0.15) is 0 Å². The molecule has 0 radical (unpaired) electrons. The molecule has 10 heavy (non-hydrogen) atoms. The molecule has 1 rings (SSSR count). The quantitative estimate of drug-likeness (QED) is 0.434. The molecule has 0 N–H and O–H groups in total. The monoisotopic (exact) mass is 271 g/mol. The second-order valence-corrected chi connectivity index (χ2v) is 4.31. The van der Waals surface area contributed by atoms with Crippen LogP contribution in [0.1, 0.15) is 12.8 Å². The number of aldehydes is 1. The Labute approximate surface area is 77.4 Å². The van der Waals surface area contributed by atoms with Crippen molar-refractivity contribution in [2.75, 3.05) is 13.1 Å². The summed E-state index contributed by atoms with van der Waals surface area (Å²) in [5.74, 6) is 0.333. The first kappa shape index (κ1) is 8.80. The van der Waals surface area contributed by atoms with Crippen molar-refractivity contribution >= 4 is 36.6 Å². The lowest BCUT2D eigenvalue weighted by Gasteiger charge is -2.25. The fourth-order valence-electron chi connectivity index (χ4n) is 1.08. The van der Waals surface area contributed by atoms with Gasteiger partial charge >= 0.3 is 0 Å². The Bertz CT molecular complexity index is 114. The summed E-state index contributed by atoms with van der Waals surface area (Å²) in [7, 11) is 1.75. The van der Waals surface area contributed by atoms with Gasteiger partial charge in [0.2, 0.25) is 0 Å². The third kappa shape index (κ3) is 2.39. The Balaban J connectivity index is 2.23. The Hall–Kier alpha value is 0.710. The first-order valence-electron chi connectivity index (χ1n) is 3.35. The van der Waals surface area contributed by atoms with Gasteiger partial charge in [0.1, 0.15) is 6.29 Å². The summed E-state index contributed by atoms with van der Waals surface area (Å²) in [5, 5.41) is 0. The average molecular weight is 271 g/mol. The standard InChI is InChI=1S/C6H10INOS/c7-10-8-3-1-6(5-9)2-4-8/h5-6H,1-4H2. The zero-order valence-electron chi connectivity index (χ0n) is 5.62. The molecule has 1 heterocycles. The van der Waals surface area contributed by atoms with E-state index in [1.807, 2.05) is 0 Å². The fraction of sp³-hybridized carbons (Fsp3) is 0.833. The Kier molecular flexibility index (Phi) is 4.01. The van der Waals surface area contributed by atoms with Crippen LogP contribution in [0.25, 0.3) is 0 Å². The van der Waals surface area contributed by atoms with Crippen molar-refractivity contribution in [2.45, 2.75) is 12.8 Å². The van der Waals surface area contributed by atoms with Crippen molar-refractivity contribution in [1.82, 2.24) is 4.31 Å². The highest BCUT2D eigenvalue weighted by Crippen LogP contribution is 2.25. The Morgan fingerprint density at radius 2 is 2.10 bits per heavy atom. The third-order valence-electron chi connectivity index (χ3n) is 1.79. The summed E-state index contributed by atoms with van der Waals surface area (Å²) in [6.07, 6.45) is 3.17. The van der Waals surface area contributed by atoms with Crippen LogP contribution in [-0.2, 0) is 4.79 Å². The molecule has 1 saturated heterocycles. The molecule has 0 aromatic heterocycles. The van der Waals surface area contributed by atoms with Crippen LogP contribution >= 0.6 is 30.3 Å². The van der Waals surface area contributed by atoms with E-state index in [0.29, 0.717) is 5.92 Å². The van der Waals surface area contributed by atoms with Crippen LogP contribution in [0.2, 0.25) is 0 Å². The molecule has 0 aromatic carbocycles. The summed E-state index contributed by atoms with van der Waals surface area (Å²) in [6, 6.07) is 0. The van der Waals surface area contributed by atoms with Gasteiger partial charge in [-0.15, -0.1) is 0 Å². The maximum atomic E-state index is 10.3. The van der Waals surface area contributed by atoms with Gasteiger partial charge in [0, 0.05) is 40.2 Å². The third-order valence-corrected chi connectivity index (χ3v) is 4.02. The molecule has 4 heteroatoms. The Morgan fingerprint density at radius 3 is 2.50 bits per heavy atom. The van der Waals surface area contributed by atoms with E-state index in [-0.39, 0.29) is 0 Å². The largest absolute Gasteiger partial charge is 0.303 e. The lowest BCUT2D eigenvalue weighted by Crippen LogP contribution is -2.27. The topological polar surface area (TPSA) is 20.3 Å². The average Bonchev–Trinajstić information content (AvgIpc) is 2.05. The molecule has 2 nitrogen and oxygen atoms in total. The molecule has 0 aromatic rings. The van der Waals surface area contributed by atoms with Gasteiger partial charge in [0.05, 0.1) is 0 Å². The maximum absolute atomic E-state index is 10.3. The van der Waals surface area contributed by atoms with Gasteiger partial charge in [-0.1, -0.05) is 0 Å². The minimum atomic E-state index is 0.333. The summed E-state index contributed by atoms with van der Waals surface area (Å²) >= 11 is 2.28. The molecular weight excluding hydrogens is 261 g/mol. The molecule has 1 aliphatic heterocycles. The van der Waals surface area contributed by atoms with E-state index in [1.165, 1.54) is 0 Å². The molecule has 1 aliphatic rings. The second-order valence-electron chi connectivity index (χ2n) is 2.47. The van der Waals surface area contributed by atoms with E-state index in [2.05, 4.69) is 25.5 Å². The molecule has 0 atom stereocenters. The van der Waals surface area contributed by atoms with E-state index in [0.717, 1.165) is 32.2 Å². The van der Waals surface area contributed by atoms with Gasteiger partial charge in [0.25, 0.3) is 0 Å². The molecule has 0 bridgehead atoms. The number of halogens is 1. The molecule has 0 saturated carbocycles. The van der Waals surface area contributed by atoms with Crippen molar-refractivity contribution in [1.29, 1.82) is 0 Å². The minimum Gasteiger partial charge on any atom is -0.303 e.